The van der Waals surface area contributed by atoms with Crippen molar-refractivity contribution in [1.29, 1.82) is 0 Å². The number of fused-ring (bicyclic) bond motifs is 1. The highest BCUT2D eigenvalue weighted by atomic mass is 16.5. The van der Waals surface area contributed by atoms with E-state index in [4.69, 9.17) is 4.74 Å². The molecule has 47 heavy (non-hydrogen) atoms. The molecule has 4 unspecified atom stereocenters. The Hall–Kier alpha value is -4.25. The molecule has 5 rings (SSSR count). The van der Waals surface area contributed by atoms with E-state index in [1.165, 1.54) is 38.8 Å². The van der Waals surface area contributed by atoms with Crippen molar-refractivity contribution in [2.45, 2.75) is 90.3 Å². The van der Waals surface area contributed by atoms with Crippen molar-refractivity contribution in [3.05, 3.63) is 114 Å². The number of hydrogen-bond donors (Lipinski definition) is 1. The fraction of sp³-hybridized carbons (Fsp3) is 0.405. The third kappa shape index (κ3) is 7.84. The van der Waals surface area contributed by atoms with Crippen LogP contribution in [0.1, 0.15) is 88.8 Å². The van der Waals surface area contributed by atoms with Gasteiger partial charge in [-0.3, -0.25) is 0 Å². The molecule has 0 spiro atoms. The van der Waals surface area contributed by atoms with Crippen LogP contribution in [-0.2, 0) is 9.53 Å². The van der Waals surface area contributed by atoms with Gasteiger partial charge in [0.15, 0.2) is 0 Å². The first-order chi connectivity index (χ1) is 22.7. The van der Waals surface area contributed by atoms with E-state index < -0.39 is 0 Å². The average molecular weight is 632 g/mol. The van der Waals surface area contributed by atoms with Crippen molar-refractivity contribution in [3.63, 3.8) is 0 Å². The lowest BCUT2D eigenvalue weighted by Crippen LogP contribution is -2.40. The second-order valence-corrected chi connectivity index (χ2v) is 13.4. The highest BCUT2D eigenvalue weighted by Gasteiger charge is 2.29. The van der Waals surface area contributed by atoms with Crippen molar-refractivity contribution in [2.75, 3.05) is 35.8 Å². The molecule has 0 aromatic heterocycles. The number of nitrogens with zero attached hydrogens (tertiary/aromatic N) is 2. The molecule has 248 valence electrons. The second kappa shape index (κ2) is 15.6. The third-order valence-electron chi connectivity index (χ3n) is 10.0. The monoisotopic (exact) mass is 631 g/mol. The largest absolute Gasteiger partial charge is 0.457 e. The summed E-state index contributed by atoms with van der Waals surface area (Å²) < 4.78 is 5.91. The number of rotatable bonds is 13. The van der Waals surface area contributed by atoms with Crippen LogP contribution in [0.25, 0.3) is 10.8 Å². The number of nitrogens with one attached hydrogen (secondary N) is 1. The summed E-state index contributed by atoms with van der Waals surface area (Å²) in [5.41, 5.74) is 7.80. The maximum atomic E-state index is 12.5. The van der Waals surface area contributed by atoms with E-state index in [0.717, 1.165) is 50.8 Å². The molecule has 4 aromatic carbocycles. The van der Waals surface area contributed by atoms with Gasteiger partial charge in [0.25, 0.3) is 0 Å². The van der Waals surface area contributed by atoms with E-state index >= 15 is 0 Å². The summed E-state index contributed by atoms with van der Waals surface area (Å²) in [7, 11) is 4.35. The molecule has 0 radical (unpaired) electrons. The lowest BCUT2D eigenvalue weighted by Gasteiger charge is -2.33. The first kappa shape index (κ1) is 34.1. The summed E-state index contributed by atoms with van der Waals surface area (Å²) in [6.45, 7) is 13.3. The van der Waals surface area contributed by atoms with Crippen molar-refractivity contribution in [1.82, 2.24) is 0 Å². The Morgan fingerprint density at radius 1 is 0.872 bits per heavy atom. The summed E-state index contributed by atoms with van der Waals surface area (Å²) in [5, 5.41) is 6.22. The number of esters is 1. The predicted octanol–water partition coefficient (Wildman–Crippen LogP) is 9.94. The zero-order valence-corrected chi connectivity index (χ0v) is 29.3. The zero-order valence-electron chi connectivity index (χ0n) is 29.3. The molecule has 5 heteroatoms. The maximum absolute atomic E-state index is 12.5. The van der Waals surface area contributed by atoms with Crippen LogP contribution < -0.4 is 15.1 Å². The molecule has 4 atom stereocenters. The number of anilines is 3. The van der Waals surface area contributed by atoms with Gasteiger partial charge in [-0.25, -0.2) is 4.79 Å². The van der Waals surface area contributed by atoms with Crippen molar-refractivity contribution >= 4 is 33.8 Å². The second-order valence-electron chi connectivity index (χ2n) is 13.4. The number of carbonyl (C=O) groups is 1. The summed E-state index contributed by atoms with van der Waals surface area (Å²) in [4.78, 5) is 17.1. The SMILES string of the molecule is C=C(C)C(=O)OC1CCCCC1Nc1ccc(C(c2ccc(N(C)CCC)cc2)c2ccc(N(C)C(C)CC)cc2)c2ccccc12. The Bertz CT molecular complexity index is 1650. The van der Waals surface area contributed by atoms with Gasteiger partial charge in [-0.2, -0.15) is 0 Å². The first-order valence-electron chi connectivity index (χ1n) is 17.5. The normalized spacial score (nSPS) is 17.5. The van der Waals surface area contributed by atoms with Gasteiger partial charge >= 0.3 is 5.97 Å². The maximum Gasteiger partial charge on any atom is 0.333 e. The topological polar surface area (TPSA) is 44.8 Å². The molecular formula is C42H53N3O2. The molecule has 0 aliphatic heterocycles. The number of benzene rings is 4. The van der Waals surface area contributed by atoms with E-state index in [0.29, 0.717) is 11.6 Å². The van der Waals surface area contributed by atoms with E-state index in [2.05, 4.69) is 141 Å². The quantitative estimate of drug-likeness (QED) is 0.0904. The molecule has 0 amide bonds. The van der Waals surface area contributed by atoms with Gasteiger partial charge in [0.05, 0.1) is 6.04 Å². The van der Waals surface area contributed by atoms with Gasteiger partial charge in [-0.15, -0.1) is 0 Å². The molecule has 5 nitrogen and oxygen atoms in total. The Morgan fingerprint density at radius 3 is 2.11 bits per heavy atom. The lowest BCUT2D eigenvalue weighted by atomic mass is 9.82. The predicted molar refractivity (Wildman–Crippen MR) is 200 cm³/mol. The third-order valence-corrected chi connectivity index (χ3v) is 10.0. The van der Waals surface area contributed by atoms with Crippen molar-refractivity contribution in [3.8, 4) is 0 Å². The molecule has 0 bridgehead atoms. The van der Waals surface area contributed by atoms with E-state index in [1.54, 1.807) is 6.92 Å². The fourth-order valence-corrected chi connectivity index (χ4v) is 6.91. The molecule has 1 aliphatic rings. The van der Waals surface area contributed by atoms with Crippen LogP contribution in [0.15, 0.2) is 97.1 Å². The van der Waals surface area contributed by atoms with Crippen LogP contribution in [0.4, 0.5) is 17.1 Å². The van der Waals surface area contributed by atoms with E-state index in [9.17, 15) is 4.79 Å². The molecule has 1 fully saturated rings. The van der Waals surface area contributed by atoms with Crippen LogP contribution in [0.2, 0.25) is 0 Å². The Labute approximate surface area is 282 Å². The molecule has 0 saturated heterocycles. The lowest BCUT2D eigenvalue weighted by molar-refractivity contribution is -0.146. The average Bonchev–Trinajstić information content (AvgIpc) is 3.10. The minimum absolute atomic E-state index is 0.0554. The Kier molecular flexibility index (Phi) is 11.3. The number of carbonyl (C=O) groups excluding carboxylic acids is 1. The van der Waals surface area contributed by atoms with Gasteiger partial charge < -0.3 is 19.9 Å². The van der Waals surface area contributed by atoms with Crippen molar-refractivity contribution < 1.29 is 9.53 Å². The van der Waals surface area contributed by atoms with Gasteiger partial charge in [-0.05, 0) is 98.4 Å². The molecule has 1 aliphatic carbocycles. The molecule has 4 aromatic rings. The minimum atomic E-state index is -0.306. The van der Waals surface area contributed by atoms with Gasteiger partial charge in [0, 0.05) is 60.6 Å². The van der Waals surface area contributed by atoms with Crippen LogP contribution in [0, 0.1) is 0 Å². The van der Waals surface area contributed by atoms with Crippen molar-refractivity contribution in [2.24, 2.45) is 0 Å². The molecule has 0 heterocycles. The van der Waals surface area contributed by atoms with Crippen LogP contribution in [-0.4, -0.2) is 44.8 Å². The standard InChI is InChI=1S/C42H53N3O2/c1-8-28-44(6)33-22-18-31(19-23-33)41(32-20-24-34(25-21-32)45(7)30(5)9-2)37-26-27-38(36-15-11-10-14-35(36)37)43-39-16-12-13-17-40(39)47-42(46)29(3)4/h10-11,14-15,18-27,30,39-41,43H,3,8-9,12-13,16-17,28H2,1-2,4-7H3. The summed E-state index contributed by atoms with van der Waals surface area (Å²) in [6.07, 6.45) is 6.04. The highest BCUT2D eigenvalue weighted by molar-refractivity contribution is 5.97. The minimum Gasteiger partial charge on any atom is -0.457 e. The molecule has 1 saturated carbocycles. The highest BCUT2D eigenvalue weighted by Crippen LogP contribution is 2.40. The van der Waals surface area contributed by atoms with Gasteiger partial charge in [0.1, 0.15) is 6.10 Å². The number of ether oxygens (including phenoxy) is 1. The van der Waals surface area contributed by atoms with Crippen LogP contribution in [0.3, 0.4) is 0 Å². The summed E-state index contributed by atoms with van der Waals surface area (Å²) in [5.74, 6) is -0.249. The van der Waals surface area contributed by atoms with Gasteiger partial charge in [-0.1, -0.05) is 81.4 Å². The Morgan fingerprint density at radius 2 is 1.49 bits per heavy atom. The zero-order chi connectivity index (χ0) is 33.5. The Balaban J connectivity index is 1.55. The number of hydrogen-bond acceptors (Lipinski definition) is 5. The van der Waals surface area contributed by atoms with Gasteiger partial charge in [0.2, 0.25) is 0 Å². The smallest absolute Gasteiger partial charge is 0.333 e. The molecule has 1 N–H and O–H groups in total. The fourth-order valence-electron chi connectivity index (χ4n) is 6.91. The van der Waals surface area contributed by atoms with E-state index in [-0.39, 0.29) is 24.0 Å². The first-order valence-corrected chi connectivity index (χ1v) is 17.5. The summed E-state index contributed by atoms with van der Waals surface area (Å²) >= 11 is 0. The van der Waals surface area contributed by atoms with E-state index in [1.807, 2.05) is 0 Å². The van der Waals surface area contributed by atoms with Crippen LogP contribution >= 0.6 is 0 Å². The molecular weight excluding hydrogens is 578 g/mol. The van der Waals surface area contributed by atoms with Crippen LogP contribution in [0.5, 0.6) is 0 Å². The summed E-state index contributed by atoms with van der Waals surface area (Å²) in [6, 6.07) is 32.0.